The molecular weight excluding hydrogens is 255 g/mol. The summed E-state index contributed by atoms with van der Waals surface area (Å²) >= 11 is 0. The molecule has 0 fully saturated rings. The van der Waals surface area contributed by atoms with Crippen molar-refractivity contribution in [2.75, 3.05) is 30.4 Å². The standard InChI is InChI=1S/C16H17FN2O/c1-20-16-7-6-12(10-13(16)17)11-19-9-8-18-14-4-2-3-5-15(14)19/h2-7,10,18H,8-9,11H2,1H3. The molecular formula is C16H17FN2O. The van der Waals surface area contributed by atoms with E-state index in [9.17, 15) is 4.39 Å². The number of methoxy groups -OCH3 is 1. The van der Waals surface area contributed by atoms with Crippen LogP contribution < -0.4 is 15.0 Å². The number of benzene rings is 2. The minimum atomic E-state index is -0.312. The Morgan fingerprint density at radius 2 is 2.10 bits per heavy atom. The summed E-state index contributed by atoms with van der Waals surface area (Å²) in [6.45, 7) is 2.50. The first-order valence-corrected chi connectivity index (χ1v) is 6.68. The van der Waals surface area contributed by atoms with Gasteiger partial charge in [0.15, 0.2) is 11.6 Å². The summed E-state index contributed by atoms with van der Waals surface area (Å²) in [7, 11) is 1.48. The highest BCUT2D eigenvalue weighted by Gasteiger charge is 2.16. The van der Waals surface area contributed by atoms with Gasteiger partial charge in [0, 0.05) is 19.6 Å². The molecule has 0 aromatic heterocycles. The molecule has 3 rings (SSSR count). The molecule has 0 saturated heterocycles. The van der Waals surface area contributed by atoms with Crippen molar-refractivity contribution in [2.45, 2.75) is 6.54 Å². The number of nitrogens with one attached hydrogen (secondary N) is 1. The summed E-state index contributed by atoms with van der Waals surface area (Å²) in [6, 6.07) is 13.3. The van der Waals surface area contributed by atoms with Crippen molar-refractivity contribution in [1.82, 2.24) is 0 Å². The van der Waals surface area contributed by atoms with Crippen LogP contribution >= 0.6 is 0 Å². The van der Waals surface area contributed by atoms with Crippen LogP contribution in [0.2, 0.25) is 0 Å². The minimum absolute atomic E-state index is 0.287. The van der Waals surface area contributed by atoms with E-state index in [1.807, 2.05) is 18.2 Å². The van der Waals surface area contributed by atoms with Crippen molar-refractivity contribution >= 4 is 11.4 Å². The fourth-order valence-electron chi connectivity index (χ4n) is 2.54. The summed E-state index contributed by atoms with van der Waals surface area (Å²) in [5, 5.41) is 3.37. The molecule has 104 valence electrons. The molecule has 0 saturated carbocycles. The van der Waals surface area contributed by atoms with Gasteiger partial charge in [0.25, 0.3) is 0 Å². The van der Waals surface area contributed by atoms with Crippen molar-refractivity contribution < 1.29 is 9.13 Å². The molecule has 1 N–H and O–H groups in total. The highest BCUT2D eigenvalue weighted by molar-refractivity contribution is 5.71. The number of hydrogen-bond donors (Lipinski definition) is 1. The smallest absolute Gasteiger partial charge is 0.165 e. The lowest BCUT2D eigenvalue weighted by Crippen LogP contribution is -2.33. The molecule has 1 aliphatic rings. The molecule has 20 heavy (non-hydrogen) atoms. The summed E-state index contributed by atoms with van der Waals surface area (Å²) in [6.07, 6.45) is 0. The molecule has 0 unspecified atom stereocenters. The quantitative estimate of drug-likeness (QED) is 0.928. The largest absolute Gasteiger partial charge is 0.494 e. The first-order valence-electron chi connectivity index (χ1n) is 6.68. The number of rotatable bonds is 3. The van der Waals surface area contributed by atoms with Crippen LogP contribution in [-0.2, 0) is 6.54 Å². The fourth-order valence-corrected chi connectivity index (χ4v) is 2.54. The van der Waals surface area contributed by atoms with Gasteiger partial charge in [0.2, 0.25) is 0 Å². The molecule has 4 heteroatoms. The first-order chi connectivity index (χ1) is 9.78. The zero-order chi connectivity index (χ0) is 13.9. The van der Waals surface area contributed by atoms with Gasteiger partial charge in [-0.05, 0) is 29.8 Å². The summed E-state index contributed by atoms with van der Waals surface area (Å²) in [5.74, 6) is -0.0251. The topological polar surface area (TPSA) is 24.5 Å². The van der Waals surface area contributed by atoms with E-state index in [2.05, 4.69) is 22.3 Å². The SMILES string of the molecule is COc1ccc(CN2CCNc3ccccc32)cc1F. The van der Waals surface area contributed by atoms with E-state index in [1.165, 1.54) is 7.11 Å². The van der Waals surface area contributed by atoms with Crippen molar-refractivity contribution in [1.29, 1.82) is 0 Å². The number of nitrogens with zero attached hydrogens (tertiary/aromatic N) is 1. The minimum Gasteiger partial charge on any atom is -0.494 e. The van der Waals surface area contributed by atoms with E-state index in [1.54, 1.807) is 12.1 Å². The molecule has 0 spiro atoms. The van der Waals surface area contributed by atoms with Crippen LogP contribution in [0.25, 0.3) is 0 Å². The van der Waals surface area contributed by atoms with E-state index in [0.717, 1.165) is 30.0 Å². The van der Waals surface area contributed by atoms with E-state index >= 15 is 0 Å². The van der Waals surface area contributed by atoms with Gasteiger partial charge in [-0.1, -0.05) is 18.2 Å². The van der Waals surface area contributed by atoms with E-state index in [0.29, 0.717) is 6.54 Å². The van der Waals surface area contributed by atoms with Crippen LogP contribution in [0.3, 0.4) is 0 Å². The van der Waals surface area contributed by atoms with Gasteiger partial charge in [0.1, 0.15) is 0 Å². The van der Waals surface area contributed by atoms with Crippen LogP contribution in [-0.4, -0.2) is 20.2 Å². The molecule has 0 atom stereocenters. The molecule has 0 aliphatic carbocycles. The lowest BCUT2D eigenvalue weighted by molar-refractivity contribution is 0.386. The Kier molecular flexibility index (Phi) is 3.46. The van der Waals surface area contributed by atoms with Crippen molar-refractivity contribution in [2.24, 2.45) is 0 Å². The van der Waals surface area contributed by atoms with E-state index < -0.39 is 0 Å². The summed E-state index contributed by atoms with van der Waals surface area (Å²) in [4.78, 5) is 2.26. The number of ether oxygens (including phenoxy) is 1. The molecule has 3 nitrogen and oxygen atoms in total. The van der Waals surface area contributed by atoms with Gasteiger partial charge in [0.05, 0.1) is 18.5 Å². The Bertz CT molecular complexity index is 615. The van der Waals surface area contributed by atoms with Gasteiger partial charge in [-0.3, -0.25) is 0 Å². The van der Waals surface area contributed by atoms with E-state index in [4.69, 9.17) is 4.74 Å². The predicted octanol–water partition coefficient (Wildman–Crippen LogP) is 3.27. The zero-order valence-electron chi connectivity index (χ0n) is 11.4. The third kappa shape index (κ3) is 2.41. The molecule has 0 radical (unpaired) electrons. The van der Waals surface area contributed by atoms with Crippen LogP contribution in [0, 0.1) is 5.82 Å². The number of hydrogen-bond acceptors (Lipinski definition) is 3. The van der Waals surface area contributed by atoms with Crippen molar-refractivity contribution in [3.05, 3.63) is 53.8 Å². The summed E-state index contributed by atoms with van der Waals surface area (Å²) in [5.41, 5.74) is 3.24. The Hall–Kier alpha value is -2.23. The second-order valence-electron chi connectivity index (χ2n) is 4.83. The Morgan fingerprint density at radius 1 is 1.25 bits per heavy atom. The number of anilines is 2. The van der Waals surface area contributed by atoms with E-state index in [-0.39, 0.29) is 11.6 Å². The predicted molar refractivity (Wildman–Crippen MR) is 78.9 cm³/mol. The normalized spacial score (nSPS) is 13.6. The lowest BCUT2D eigenvalue weighted by atomic mass is 10.1. The number of para-hydroxylation sites is 2. The maximum absolute atomic E-state index is 13.7. The van der Waals surface area contributed by atoms with Gasteiger partial charge >= 0.3 is 0 Å². The highest BCUT2D eigenvalue weighted by Crippen LogP contribution is 2.30. The van der Waals surface area contributed by atoms with Crippen molar-refractivity contribution in [3.63, 3.8) is 0 Å². The zero-order valence-corrected chi connectivity index (χ0v) is 11.4. The molecule has 2 aromatic rings. The van der Waals surface area contributed by atoms with Gasteiger partial charge in [-0.25, -0.2) is 4.39 Å². The maximum Gasteiger partial charge on any atom is 0.165 e. The maximum atomic E-state index is 13.7. The third-order valence-corrected chi connectivity index (χ3v) is 3.53. The van der Waals surface area contributed by atoms with Crippen LogP contribution in [0.5, 0.6) is 5.75 Å². The average molecular weight is 272 g/mol. The first kappa shape index (κ1) is 12.8. The lowest BCUT2D eigenvalue weighted by Gasteiger charge is -2.32. The Morgan fingerprint density at radius 3 is 2.90 bits per heavy atom. The van der Waals surface area contributed by atoms with Gasteiger partial charge in [-0.2, -0.15) is 0 Å². The Balaban J connectivity index is 1.84. The molecule has 0 amide bonds. The summed E-state index contributed by atoms with van der Waals surface area (Å²) < 4.78 is 18.7. The molecule has 0 bridgehead atoms. The monoisotopic (exact) mass is 272 g/mol. The molecule has 1 heterocycles. The molecule has 2 aromatic carbocycles. The second kappa shape index (κ2) is 5.41. The highest BCUT2D eigenvalue weighted by atomic mass is 19.1. The Labute approximate surface area is 118 Å². The van der Waals surface area contributed by atoms with Crippen molar-refractivity contribution in [3.8, 4) is 5.75 Å². The third-order valence-electron chi connectivity index (χ3n) is 3.53. The van der Waals surface area contributed by atoms with Crippen LogP contribution in [0.4, 0.5) is 15.8 Å². The van der Waals surface area contributed by atoms with Crippen LogP contribution in [0.15, 0.2) is 42.5 Å². The van der Waals surface area contributed by atoms with Crippen LogP contribution in [0.1, 0.15) is 5.56 Å². The fraction of sp³-hybridized carbons (Fsp3) is 0.250. The average Bonchev–Trinajstić information content (AvgIpc) is 2.48. The van der Waals surface area contributed by atoms with Gasteiger partial charge in [-0.15, -0.1) is 0 Å². The second-order valence-corrected chi connectivity index (χ2v) is 4.83. The number of fused-ring (bicyclic) bond motifs is 1. The molecule has 1 aliphatic heterocycles. The van der Waals surface area contributed by atoms with Gasteiger partial charge < -0.3 is 15.0 Å². The number of halogens is 1.